The van der Waals surface area contributed by atoms with E-state index in [0.29, 0.717) is 5.82 Å². The van der Waals surface area contributed by atoms with Crippen LogP contribution in [0, 0.1) is 0 Å². The Morgan fingerprint density at radius 1 is 1.23 bits per heavy atom. The Kier molecular flexibility index (Phi) is 4.38. The minimum Gasteiger partial charge on any atom is -0.346 e. The Balaban J connectivity index is 1.41. The Bertz CT molecular complexity index is 951. The Labute approximate surface area is 154 Å². The largest absolute Gasteiger partial charge is 0.346 e. The molecule has 1 aliphatic rings. The average molecular weight is 366 g/mol. The molecular formula is C19H18N4O2S. The number of imidazole rings is 1. The SMILES string of the molecule is C[C@H](NC(=O)C[C@H]1Sc2ccccc2NC1=O)c1nc2ccccc2[nH]1. The minimum absolute atomic E-state index is 0.120. The fraction of sp³-hybridized carbons (Fsp3) is 0.211. The van der Waals surface area contributed by atoms with Crippen molar-refractivity contribution in [3.8, 4) is 0 Å². The Morgan fingerprint density at radius 2 is 2.00 bits per heavy atom. The van der Waals surface area contributed by atoms with Crippen molar-refractivity contribution in [2.24, 2.45) is 0 Å². The molecule has 0 saturated heterocycles. The van der Waals surface area contributed by atoms with E-state index in [4.69, 9.17) is 0 Å². The second-order valence-electron chi connectivity index (χ2n) is 6.22. The van der Waals surface area contributed by atoms with Gasteiger partial charge in [-0.1, -0.05) is 24.3 Å². The third kappa shape index (κ3) is 3.30. The number of carbonyl (C=O) groups excluding carboxylic acids is 2. The highest BCUT2D eigenvalue weighted by Crippen LogP contribution is 2.36. The molecule has 0 saturated carbocycles. The standard InChI is InChI=1S/C19H18N4O2S/c1-11(18-21-12-6-2-3-7-13(12)22-18)20-17(24)10-16-19(25)23-14-8-4-5-9-15(14)26-16/h2-9,11,16H,10H2,1H3,(H,20,24)(H,21,22)(H,23,25)/t11-,16+/m0/s1. The topological polar surface area (TPSA) is 86.9 Å². The number of nitrogens with zero attached hydrogens (tertiary/aromatic N) is 1. The number of aromatic nitrogens is 2. The molecule has 1 aliphatic heterocycles. The molecule has 0 bridgehead atoms. The average Bonchev–Trinajstić information content (AvgIpc) is 3.06. The van der Waals surface area contributed by atoms with E-state index in [1.807, 2.05) is 55.5 Å². The van der Waals surface area contributed by atoms with E-state index in [1.54, 1.807) is 0 Å². The molecule has 0 fully saturated rings. The van der Waals surface area contributed by atoms with Gasteiger partial charge in [0.2, 0.25) is 11.8 Å². The highest BCUT2D eigenvalue weighted by molar-refractivity contribution is 8.01. The number of aromatic amines is 1. The first-order valence-corrected chi connectivity index (χ1v) is 9.28. The molecule has 0 aliphatic carbocycles. The normalized spacial score (nSPS) is 17.4. The van der Waals surface area contributed by atoms with Crippen molar-refractivity contribution in [1.82, 2.24) is 15.3 Å². The number of hydrogen-bond donors (Lipinski definition) is 3. The Morgan fingerprint density at radius 3 is 2.85 bits per heavy atom. The summed E-state index contributed by atoms with van der Waals surface area (Å²) in [6.45, 7) is 1.87. The zero-order valence-corrected chi connectivity index (χ0v) is 15.0. The first-order chi connectivity index (χ1) is 12.6. The number of carbonyl (C=O) groups is 2. The third-order valence-corrected chi connectivity index (χ3v) is 5.55. The number of hydrogen-bond acceptors (Lipinski definition) is 4. The number of H-pyrrole nitrogens is 1. The lowest BCUT2D eigenvalue weighted by molar-refractivity contribution is -0.124. The van der Waals surface area contributed by atoms with Gasteiger partial charge in [-0.2, -0.15) is 0 Å². The molecule has 7 heteroatoms. The van der Waals surface area contributed by atoms with Crippen LogP contribution in [0.1, 0.15) is 25.2 Å². The van der Waals surface area contributed by atoms with Gasteiger partial charge in [0.15, 0.2) is 0 Å². The summed E-state index contributed by atoms with van der Waals surface area (Å²) in [6, 6.07) is 15.1. The second-order valence-corrected chi connectivity index (χ2v) is 7.47. The van der Waals surface area contributed by atoms with E-state index in [9.17, 15) is 9.59 Å². The summed E-state index contributed by atoms with van der Waals surface area (Å²) >= 11 is 1.42. The number of anilines is 1. The lowest BCUT2D eigenvalue weighted by Crippen LogP contribution is -2.36. The van der Waals surface area contributed by atoms with Gasteiger partial charge in [0, 0.05) is 11.3 Å². The lowest BCUT2D eigenvalue weighted by Gasteiger charge is -2.24. The van der Waals surface area contributed by atoms with E-state index in [0.717, 1.165) is 21.6 Å². The molecule has 132 valence electrons. The smallest absolute Gasteiger partial charge is 0.238 e. The van der Waals surface area contributed by atoms with Crippen molar-refractivity contribution < 1.29 is 9.59 Å². The molecule has 6 nitrogen and oxygen atoms in total. The fourth-order valence-corrected chi connectivity index (χ4v) is 4.05. The number of rotatable bonds is 4. The van der Waals surface area contributed by atoms with Crippen LogP contribution in [-0.2, 0) is 9.59 Å². The minimum atomic E-state index is -0.437. The predicted molar refractivity (Wildman–Crippen MR) is 102 cm³/mol. The summed E-state index contributed by atoms with van der Waals surface area (Å²) in [4.78, 5) is 33.4. The maximum absolute atomic E-state index is 12.4. The molecule has 4 rings (SSSR count). The monoisotopic (exact) mass is 366 g/mol. The van der Waals surface area contributed by atoms with Crippen LogP contribution in [0.2, 0.25) is 0 Å². The molecule has 2 heterocycles. The molecular weight excluding hydrogens is 348 g/mol. The van der Waals surface area contributed by atoms with E-state index >= 15 is 0 Å². The van der Waals surface area contributed by atoms with Crippen molar-refractivity contribution in [2.75, 3.05) is 5.32 Å². The zero-order chi connectivity index (χ0) is 18.1. The molecule has 2 aromatic carbocycles. The molecule has 26 heavy (non-hydrogen) atoms. The molecule has 2 amide bonds. The first kappa shape index (κ1) is 16.7. The molecule has 0 unspecified atom stereocenters. The summed E-state index contributed by atoms with van der Waals surface area (Å²) < 4.78 is 0. The van der Waals surface area contributed by atoms with Gasteiger partial charge in [-0.05, 0) is 31.2 Å². The van der Waals surface area contributed by atoms with Crippen LogP contribution in [-0.4, -0.2) is 27.0 Å². The zero-order valence-electron chi connectivity index (χ0n) is 14.2. The maximum atomic E-state index is 12.4. The van der Waals surface area contributed by atoms with Crippen molar-refractivity contribution >= 4 is 40.3 Å². The van der Waals surface area contributed by atoms with Gasteiger partial charge in [-0.25, -0.2) is 4.98 Å². The van der Waals surface area contributed by atoms with Gasteiger partial charge >= 0.3 is 0 Å². The summed E-state index contributed by atoms with van der Waals surface area (Å²) in [5.74, 6) is 0.385. The molecule has 1 aromatic heterocycles. The van der Waals surface area contributed by atoms with Crippen molar-refractivity contribution in [3.63, 3.8) is 0 Å². The van der Waals surface area contributed by atoms with Crippen LogP contribution in [0.15, 0.2) is 53.4 Å². The van der Waals surface area contributed by atoms with Crippen LogP contribution in [0.25, 0.3) is 11.0 Å². The third-order valence-electron chi connectivity index (χ3n) is 4.27. The van der Waals surface area contributed by atoms with Crippen molar-refractivity contribution in [2.45, 2.75) is 29.5 Å². The first-order valence-electron chi connectivity index (χ1n) is 8.41. The quantitative estimate of drug-likeness (QED) is 0.661. The van der Waals surface area contributed by atoms with Gasteiger partial charge in [-0.15, -0.1) is 11.8 Å². The molecule has 3 N–H and O–H groups in total. The molecule has 0 spiro atoms. The van der Waals surface area contributed by atoms with Crippen LogP contribution in [0.5, 0.6) is 0 Å². The van der Waals surface area contributed by atoms with Crippen molar-refractivity contribution in [1.29, 1.82) is 0 Å². The van der Waals surface area contributed by atoms with Crippen LogP contribution >= 0.6 is 11.8 Å². The highest BCUT2D eigenvalue weighted by Gasteiger charge is 2.29. The highest BCUT2D eigenvalue weighted by atomic mass is 32.2. The van der Waals surface area contributed by atoms with E-state index < -0.39 is 5.25 Å². The number of benzene rings is 2. The summed E-state index contributed by atoms with van der Waals surface area (Å²) in [7, 11) is 0. The molecule has 3 aromatic rings. The molecule has 0 radical (unpaired) electrons. The summed E-state index contributed by atoms with van der Waals surface area (Å²) in [6.07, 6.45) is 0.120. The maximum Gasteiger partial charge on any atom is 0.238 e. The van der Waals surface area contributed by atoms with Crippen LogP contribution in [0.4, 0.5) is 5.69 Å². The van der Waals surface area contributed by atoms with E-state index in [-0.39, 0.29) is 24.3 Å². The van der Waals surface area contributed by atoms with Gasteiger partial charge in [0.1, 0.15) is 5.82 Å². The second kappa shape index (κ2) is 6.84. The summed E-state index contributed by atoms with van der Waals surface area (Å²) in [5, 5.41) is 5.35. The summed E-state index contributed by atoms with van der Waals surface area (Å²) in [5.41, 5.74) is 2.60. The number of amides is 2. The number of para-hydroxylation sites is 3. The van der Waals surface area contributed by atoms with Gasteiger partial charge in [0.25, 0.3) is 0 Å². The van der Waals surface area contributed by atoms with Crippen LogP contribution < -0.4 is 10.6 Å². The van der Waals surface area contributed by atoms with Gasteiger partial charge in [-0.3, -0.25) is 9.59 Å². The van der Waals surface area contributed by atoms with Gasteiger partial charge in [0.05, 0.1) is 28.0 Å². The van der Waals surface area contributed by atoms with E-state index in [1.165, 1.54) is 11.8 Å². The lowest BCUT2D eigenvalue weighted by atomic mass is 10.2. The molecule has 2 atom stereocenters. The number of fused-ring (bicyclic) bond motifs is 2. The van der Waals surface area contributed by atoms with Crippen LogP contribution in [0.3, 0.4) is 0 Å². The van der Waals surface area contributed by atoms with Gasteiger partial charge < -0.3 is 15.6 Å². The predicted octanol–water partition coefficient (Wildman–Crippen LogP) is 3.24. The number of nitrogens with one attached hydrogen (secondary N) is 3. The number of thioether (sulfide) groups is 1. The van der Waals surface area contributed by atoms with Crippen molar-refractivity contribution in [3.05, 3.63) is 54.4 Å². The van der Waals surface area contributed by atoms with E-state index in [2.05, 4.69) is 20.6 Å². The Hall–Kier alpha value is -2.80. The fourth-order valence-electron chi connectivity index (χ4n) is 2.94.